The van der Waals surface area contributed by atoms with Gasteiger partial charge in [-0.2, -0.15) is 0 Å². The third-order valence-electron chi connectivity index (χ3n) is 4.93. The summed E-state index contributed by atoms with van der Waals surface area (Å²) in [5.74, 6) is 0.719. The zero-order chi connectivity index (χ0) is 13.0. The molecule has 0 amide bonds. The monoisotopic (exact) mass is 245 g/mol. The molecule has 0 saturated heterocycles. The normalized spacial score (nSPS) is 18.4. The predicted molar refractivity (Wildman–Crippen MR) is 79.0 cm³/mol. The van der Waals surface area contributed by atoms with Crippen LogP contribution in [0.1, 0.15) is 69.4 Å². The van der Waals surface area contributed by atoms with Crippen LogP contribution < -0.4 is 5.73 Å². The maximum atomic E-state index is 6.05. The Morgan fingerprint density at radius 3 is 2.06 bits per heavy atom. The quantitative estimate of drug-likeness (QED) is 0.819. The van der Waals surface area contributed by atoms with Gasteiger partial charge in [-0.15, -0.1) is 0 Å². The highest BCUT2D eigenvalue weighted by atomic mass is 14.6. The molecule has 0 spiro atoms. The lowest BCUT2D eigenvalue weighted by molar-refractivity contribution is 0.452. The minimum atomic E-state index is 0.284. The summed E-state index contributed by atoms with van der Waals surface area (Å²) >= 11 is 0. The lowest BCUT2D eigenvalue weighted by Gasteiger charge is -2.28. The molecule has 1 heteroatoms. The van der Waals surface area contributed by atoms with Crippen molar-refractivity contribution in [2.24, 2.45) is 5.73 Å². The molecule has 1 saturated carbocycles. The number of rotatable bonds is 5. The molecule has 18 heavy (non-hydrogen) atoms. The largest absolute Gasteiger partial charge is 0.330 e. The molecule has 2 rings (SSSR count). The molecule has 0 unspecified atom stereocenters. The summed E-state index contributed by atoms with van der Waals surface area (Å²) in [6, 6.07) is 9.35. The number of hydrogen-bond donors (Lipinski definition) is 1. The van der Waals surface area contributed by atoms with E-state index < -0.39 is 0 Å². The van der Waals surface area contributed by atoms with Crippen molar-refractivity contribution in [2.75, 3.05) is 6.54 Å². The Morgan fingerprint density at radius 2 is 1.61 bits per heavy atom. The van der Waals surface area contributed by atoms with E-state index in [4.69, 9.17) is 5.73 Å². The fourth-order valence-corrected chi connectivity index (χ4v) is 3.53. The average Bonchev–Trinajstić information content (AvgIpc) is 2.91. The lowest BCUT2D eigenvalue weighted by atomic mass is 9.78. The van der Waals surface area contributed by atoms with Crippen molar-refractivity contribution in [3.63, 3.8) is 0 Å². The van der Waals surface area contributed by atoms with Crippen molar-refractivity contribution >= 4 is 0 Å². The van der Waals surface area contributed by atoms with Gasteiger partial charge in [0, 0.05) is 12.0 Å². The molecule has 2 N–H and O–H groups in total. The third-order valence-corrected chi connectivity index (χ3v) is 4.93. The van der Waals surface area contributed by atoms with Gasteiger partial charge in [-0.1, -0.05) is 51.0 Å². The minimum Gasteiger partial charge on any atom is -0.330 e. The first-order valence-electron chi connectivity index (χ1n) is 7.56. The molecule has 1 aromatic rings. The number of nitrogens with two attached hydrogens (primary N) is 1. The molecule has 1 aliphatic carbocycles. The Balaban J connectivity index is 2.21. The predicted octanol–water partition coefficient (Wildman–Crippen LogP) is 4.36. The highest BCUT2D eigenvalue weighted by Crippen LogP contribution is 2.40. The van der Waals surface area contributed by atoms with Gasteiger partial charge in [0.05, 0.1) is 0 Å². The summed E-state index contributed by atoms with van der Waals surface area (Å²) in [5.41, 5.74) is 9.30. The summed E-state index contributed by atoms with van der Waals surface area (Å²) < 4.78 is 0. The lowest BCUT2D eigenvalue weighted by Crippen LogP contribution is -2.31. The van der Waals surface area contributed by atoms with Crippen LogP contribution in [0.15, 0.2) is 24.3 Å². The van der Waals surface area contributed by atoms with E-state index >= 15 is 0 Å². The van der Waals surface area contributed by atoms with Crippen LogP contribution in [-0.4, -0.2) is 6.54 Å². The van der Waals surface area contributed by atoms with Gasteiger partial charge in [0.1, 0.15) is 0 Å². The van der Waals surface area contributed by atoms with Crippen molar-refractivity contribution in [2.45, 2.75) is 63.7 Å². The van der Waals surface area contributed by atoms with Crippen LogP contribution >= 0.6 is 0 Å². The average molecular weight is 245 g/mol. The van der Waals surface area contributed by atoms with Crippen LogP contribution in [0.3, 0.4) is 0 Å². The summed E-state index contributed by atoms with van der Waals surface area (Å²) in [6.45, 7) is 5.36. The fourth-order valence-electron chi connectivity index (χ4n) is 3.53. The van der Waals surface area contributed by atoms with Crippen LogP contribution in [0.25, 0.3) is 0 Å². The molecule has 0 aromatic heterocycles. The Bertz CT molecular complexity index is 356. The Morgan fingerprint density at radius 1 is 1.06 bits per heavy atom. The highest BCUT2D eigenvalue weighted by molar-refractivity contribution is 5.32. The van der Waals surface area contributed by atoms with Crippen molar-refractivity contribution in [3.05, 3.63) is 35.4 Å². The smallest absolute Gasteiger partial charge is 0.00755 e. The molecule has 100 valence electrons. The van der Waals surface area contributed by atoms with E-state index in [1.165, 1.54) is 49.7 Å². The van der Waals surface area contributed by atoms with Gasteiger partial charge in [0.15, 0.2) is 0 Å². The first-order chi connectivity index (χ1) is 8.75. The van der Waals surface area contributed by atoms with Crippen molar-refractivity contribution in [3.8, 4) is 0 Å². The van der Waals surface area contributed by atoms with E-state index in [1.54, 1.807) is 0 Å². The van der Waals surface area contributed by atoms with Crippen LogP contribution in [0.5, 0.6) is 0 Å². The summed E-state index contributed by atoms with van der Waals surface area (Å²) in [4.78, 5) is 0. The molecule has 1 aliphatic rings. The zero-order valence-electron chi connectivity index (χ0n) is 11.9. The minimum absolute atomic E-state index is 0.284. The van der Waals surface area contributed by atoms with Crippen LogP contribution in [0, 0.1) is 0 Å². The maximum Gasteiger partial charge on any atom is 0.00755 e. The Kier molecular flexibility index (Phi) is 4.45. The molecule has 0 heterocycles. The molecular formula is C17H27N. The van der Waals surface area contributed by atoms with Crippen molar-refractivity contribution < 1.29 is 0 Å². The molecule has 1 nitrogen and oxygen atoms in total. The van der Waals surface area contributed by atoms with Crippen LogP contribution in [-0.2, 0) is 5.41 Å². The second-order valence-electron chi connectivity index (χ2n) is 5.83. The summed E-state index contributed by atoms with van der Waals surface area (Å²) in [7, 11) is 0. The van der Waals surface area contributed by atoms with E-state index in [9.17, 15) is 0 Å². The van der Waals surface area contributed by atoms with Gasteiger partial charge >= 0.3 is 0 Å². The van der Waals surface area contributed by atoms with Crippen LogP contribution in [0.4, 0.5) is 0 Å². The topological polar surface area (TPSA) is 26.0 Å². The van der Waals surface area contributed by atoms with E-state index in [1.807, 2.05) is 0 Å². The van der Waals surface area contributed by atoms with Gasteiger partial charge in [-0.05, 0) is 42.7 Å². The number of benzene rings is 1. The molecule has 0 radical (unpaired) electrons. The standard InChI is InChI=1S/C17H27N/c1-3-14(4-2)15-7-9-16(10-8-15)17(13-18)11-5-6-12-17/h7-10,14H,3-6,11-13,18H2,1-2H3. The van der Waals surface area contributed by atoms with Gasteiger partial charge in [0.25, 0.3) is 0 Å². The van der Waals surface area contributed by atoms with E-state index in [0.29, 0.717) is 0 Å². The molecule has 0 atom stereocenters. The van der Waals surface area contributed by atoms with Gasteiger partial charge in [-0.25, -0.2) is 0 Å². The van der Waals surface area contributed by atoms with Crippen molar-refractivity contribution in [1.29, 1.82) is 0 Å². The maximum absolute atomic E-state index is 6.05. The second-order valence-corrected chi connectivity index (χ2v) is 5.83. The van der Waals surface area contributed by atoms with Crippen molar-refractivity contribution in [1.82, 2.24) is 0 Å². The Labute approximate surface area is 112 Å². The molecule has 1 fully saturated rings. The number of hydrogen-bond acceptors (Lipinski definition) is 1. The van der Waals surface area contributed by atoms with Gasteiger partial charge in [-0.3, -0.25) is 0 Å². The first kappa shape index (κ1) is 13.6. The first-order valence-corrected chi connectivity index (χ1v) is 7.56. The molecule has 0 bridgehead atoms. The van der Waals surface area contributed by atoms with Gasteiger partial charge < -0.3 is 5.73 Å². The third kappa shape index (κ3) is 2.47. The van der Waals surface area contributed by atoms with Crippen LogP contribution in [0.2, 0.25) is 0 Å². The summed E-state index contributed by atoms with van der Waals surface area (Å²) in [5, 5.41) is 0. The second kappa shape index (κ2) is 5.88. The van der Waals surface area contributed by atoms with E-state index in [2.05, 4.69) is 38.1 Å². The zero-order valence-corrected chi connectivity index (χ0v) is 11.9. The summed E-state index contributed by atoms with van der Waals surface area (Å²) in [6.07, 6.45) is 7.69. The van der Waals surface area contributed by atoms with E-state index in [0.717, 1.165) is 12.5 Å². The van der Waals surface area contributed by atoms with Gasteiger partial charge in [0.2, 0.25) is 0 Å². The molecular weight excluding hydrogens is 218 g/mol. The SMILES string of the molecule is CCC(CC)c1ccc(C2(CN)CCCC2)cc1. The highest BCUT2D eigenvalue weighted by Gasteiger charge is 2.34. The van der Waals surface area contributed by atoms with E-state index in [-0.39, 0.29) is 5.41 Å². The molecule has 1 aromatic carbocycles. The molecule has 0 aliphatic heterocycles. The fraction of sp³-hybridized carbons (Fsp3) is 0.647. The Hall–Kier alpha value is -0.820.